The number of hydrogen-bond donors (Lipinski definition) is 2. The molecule has 0 saturated heterocycles. The van der Waals surface area contributed by atoms with E-state index in [0.29, 0.717) is 0 Å². The second-order valence-electron chi connectivity index (χ2n) is 5.77. The highest BCUT2D eigenvalue weighted by molar-refractivity contribution is 5.80. The van der Waals surface area contributed by atoms with Gasteiger partial charge in [-0.15, -0.1) is 0 Å². The molecule has 6 heteroatoms. The van der Waals surface area contributed by atoms with Gasteiger partial charge in [0.15, 0.2) is 6.04 Å². The maximum Gasteiger partial charge on any atom is 0.408 e. The van der Waals surface area contributed by atoms with Gasteiger partial charge in [0.1, 0.15) is 6.10 Å². The molecule has 0 unspecified atom stereocenters. The van der Waals surface area contributed by atoms with Crippen molar-refractivity contribution in [2.45, 2.75) is 64.2 Å². The van der Waals surface area contributed by atoms with Crippen LogP contribution in [0.3, 0.4) is 0 Å². The Morgan fingerprint density at radius 2 is 1.89 bits per heavy atom. The van der Waals surface area contributed by atoms with Crippen molar-refractivity contribution in [3.63, 3.8) is 0 Å². The molecular weight excluding hydrogens is 250 g/mol. The maximum absolute atomic E-state index is 11.6. The minimum absolute atomic E-state index is 0.0847. The van der Waals surface area contributed by atoms with E-state index >= 15 is 0 Å². The van der Waals surface area contributed by atoms with Gasteiger partial charge in [0.2, 0.25) is 0 Å². The molecule has 2 N–H and O–H groups in total. The topological polar surface area (TPSA) is 84.9 Å². The summed E-state index contributed by atoms with van der Waals surface area (Å²) in [5.41, 5.74) is -0.454. The van der Waals surface area contributed by atoms with E-state index in [1.807, 2.05) is 20.8 Å². The number of carboxylic acids is 1. The predicted molar refractivity (Wildman–Crippen MR) is 69.0 cm³/mol. The van der Waals surface area contributed by atoms with E-state index < -0.39 is 23.7 Å². The monoisotopic (exact) mass is 273 g/mol. The smallest absolute Gasteiger partial charge is 0.408 e. The van der Waals surface area contributed by atoms with Crippen LogP contribution in [0, 0.1) is 0 Å². The van der Waals surface area contributed by atoms with Crippen LogP contribution in [-0.2, 0) is 14.3 Å². The molecule has 1 aliphatic carbocycles. The third-order valence-electron chi connectivity index (χ3n) is 2.85. The molecule has 19 heavy (non-hydrogen) atoms. The van der Waals surface area contributed by atoms with Gasteiger partial charge in [-0.25, -0.2) is 9.59 Å². The number of rotatable bonds is 5. The zero-order chi connectivity index (χ0) is 14.5. The molecule has 6 nitrogen and oxygen atoms in total. The van der Waals surface area contributed by atoms with Gasteiger partial charge in [0.05, 0.1) is 12.2 Å². The fourth-order valence-electron chi connectivity index (χ4n) is 1.84. The summed E-state index contributed by atoms with van der Waals surface area (Å²) in [6, 6.07) is -1.09. The van der Waals surface area contributed by atoms with Crippen LogP contribution in [0.1, 0.15) is 46.5 Å². The van der Waals surface area contributed by atoms with Gasteiger partial charge < -0.3 is 19.9 Å². The molecule has 0 aromatic rings. The van der Waals surface area contributed by atoms with Crippen LogP contribution in [0.4, 0.5) is 4.79 Å². The van der Waals surface area contributed by atoms with Gasteiger partial charge in [-0.05, 0) is 46.5 Å². The molecule has 1 rings (SSSR count). The van der Waals surface area contributed by atoms with E-state index in [1.54, 1.807) is 0 Å². The van der Waals surface area contributed by atoms with Crippen molar-refractivity contribution in [1.29, 1.82) is 0 Å². The van der Waals surface area contributed by atoms with Crippen LogP contribution in [0.15, 0.2) is 0 Å². The Kier molecular flexibility index (Phi) is 5.60. The normalized spacial score (nSPS) is 18.1. The standard InChI is InChI=1S/C13H23NO5/c1-13(2,3)18-8-10(11(15)16)14-12(17)19-9-6-4-5-7-9/h9-10H,4-8H2,1-3H3,(H,14,17)(H,15,16)/t10-/m0/s1. The van der Waals surface area contributed by atoms with Gasteiger partial charge >= 0.3 is 12.1 Å². The Balaban J connectivity index is 2.39. The number of carbonyl (C=O) groups is 2. The summed E-state index contributed by atoms with van der Waals surface area (Å²) in [7, 11) is 0. The van der Waals surface area contributed by atoms with E-state index in [0.717, 1.165) is 25.7 Å². The Labute approximate surface area is 113 Å². The van der Waals surface area contributed by atoms with Gasteiger partial charge in [-0.2, -0.15) is 0 Å². The van der Waals surface area contributed by atoms with Crippen molar-refractivity contribution < 1.29 is 24.2 Å². The van der Waals surface area contributed by atoms with E-state index in [2.05, 4.69) is 5.32 Å². The number of hydrogen-bond acceptors (Lipinski definition) is 4. The summed E-state index contributed by atoms with van der Waals surface area (Å²) in [6.45, 7) is 5.38. The highest BCUT2D eigenvalue weighted by atomic mass is 16.6. The zero-order valence-corrected chi connectivity index (χ0v) is 11.8. The molecule has 0 spiro atoms. The Bertz CT molecular complexity index is 317. The van der Waals surface area contributed by atoms with Crippen LogP contribution in [0.25, 0.3) is 0 Å². The lowest BCUT2D eigenvalue weighted by Crippen LogP contribution is -2.46. The number of amides is 1. The number of carbonyl (C=O) groups excluding carboxylic acids is 1. The van der Waals surface area contributed by atoms with E-state index in [4.69, 9.17) is 14.6 Å². The third kappa shape index (κ3) is 6.42. The number of alkyl carbamates (subject to hydrolysis) is 1. The molecule has 110 valence electrons. The fourth-order valence-corrected chi connectivity index (χ4v) is 1.84. The predicted octanol–water partition coefficient (Wildman–Crippen LogP) is 1.92. The van der Waals surface area contributed by atoms with Crippen molar-refractivity contribution in [1.82, 2.24) is 5.32 Å². The van der Waals surface area contributed by atoms with Crippen molar-refractivity contribution in [2.75, 3.05) is 6.61 Å². The molecule has 1 atom stereocenters. The molecule has 1 saturated carbocycles. The number of ether oxygens (including phenoxy) is 2. The molecule has 0 aliphatic heterocycles. The first-order chi connectivity index (χ1) is 8.78. The third-order valence-corrected chi connectivity index (χ3v) is 2.85. The first-order valence-electron chi connectivity index (χ1n) is 6.62. The lowest BCUT2D eigenvalue weighted by molar-refractivity contribution is -0.142. The van der Waals surface area contributed by atoms with Crippen LogP contribution in [0.2, 0.25) is 0 Å². The highest BCUT2D eigenvalue weighted by Gasteiger charge is 2.26. The van der Waals surface area contributed by atoms with Crippen LogP contribution in [-0.4, -0.2) is 41.5 Å². The van der Waals surface area contributed by atoms with E-state index in [1.165, 1.54) is 0 Å². The van der Waals surface area contributed by atoms with Crippen molar-refractivity contribution >= 4 is 12.1 Å². The van der Waals surface area contributed by atoms with E-state index in [9.17, 15) is 9.59 Å². The molecule has 0 heterocycles. The average molecular weight is 273 g/mol. The summed E-state index contributed by atoms with van der Waals surface area (Å²) in [4.78, 5) is 22.6. The van der Waals surface area contributed by atoms with Crippen molar-refractivity contribution in [2.24, 2.45) is 0 Å². The molecule has 0 radical (unpaired) electrons. The Morgan fingerprint density at radius 1 is 1.32 bits per heavy atom. The second-order valence-corrected chi connectivity index (χ2v) is 5.77. The molecule has 1 aliphatic rings. The first kappa shape index (κ1) is 15.8. The van der Waals surface area contributed by atoms with Crippen molar-refractivity contribution in [3.8, 4) is 0 Å². The molecule has 0 aromatic heterocycles. The van der Waals surface area contributed by atoms with Crippen LogP contribution in [0.5, 0.6) is 0 Å². The van der Waals surface area contributed by atoms with E-state index in [-0.39, 0.29) is 12.7 Å². The first-order valence-corrected chi connectivity index (χ1v) is 6.62. The summed E-state index contributed by atoms with van der Waals surface area (Å²) in [6.07, 6.45) is 3.03. The average Bonchev–Trinajstić information content (AvgIpc) is 2.75. The molecular formula is C13H23NO5. The molecule has 1 fully saturated rings. The largest absolute Gasteiger partial charge is 0.480 e. The van der Waals surface area contributed by atoms with Gasteiger partial charge in [0, 0.05) is 0 Å². The number of aliphatic carboxylic acids is 1. The van der Waals surface area contributed by atoms with Crippen LogP contribution < -0.4 is 5.32 Å². The maximum atomic E-state index is 11.6. The minimum Gasteiger partial charge on any atom is -0.480 e. The molecule has 0 bridgehead atoms. The number of carboxylic acid groups (broad SMARTS) is 1. The van der Waals surface area contributed by atoms with Gasteiger partial charge in [0.25, 0.3) is 0 Å². The Hall–Kier alpha value is -1.30. The molecule has 1 amide bonds. The lowest BCUT2D eigenvalue weighted by atomic mass is 10.2. The quantitative estimate of drug-likeness (QED) is 0.799. The zero-order valence-electron chi connectivity index (χ0n) is 11.8. The second kappa shape index (κ2) is 6.75. The fraction of sp³-hybridized carbons (Fsp3) is 0.846. The van der Waals surface area contributed by atoms with Gasteiger partial charge in [-0.3, -0.25) is 0 Å². The minimum atomic E-state index is -1.13. The highest BCUT2D eigenvalue weighted by Crippen LogP contribution is 2.20. The lowest BCUT2D eigenvalue weighted by Gasteiger charge is -2.23. The summed E-state index contributed by atoms with van der Waals surface area (Å²) < 4.78 is 10.5. The van der Waals surface area contributed by atoms with Crippen LogP contribution >= 0.6 is 0 Å². The Morgan fingerprint density at radius 3 is 2.37 bits per heavy atom. The SMILES string of the molecule is CC(C)(C)OC[C@H](NC(=O)OC1CCCC1)C(=O)O. The number of nitrogens with one attached hydrogen (secondary N) is 1. The molecule has 0 aromatic carbocycles. The summed E-state index contributed by atoms with van der Waals surface area (Å²) in [5.74, 6) is -1.13. The van der Waals surface area contributed by atoms with Gasteiger partial charge in [-0.1, -0.05) is 0 Å². The summed E-state index contributed by atoms with van der Waals surface area (Å²) in [5, 5.41) is 11.4. The van der Waals surface area contributed by atoms with Crippen molar-refractivity contribution in [3.05, 3.63) is 0 Å². The summed E-state index contributed by atoms with van der Waals surface area (Å²) >= 11 is 0.